The third-order valence-corrected chi connectivity index (χ3v) is 5.76. The quantitative estimate of drug-likeness (QED) is 0.796. The zero-order valence-corrected chi connectivity index (χ0v) is 14.5. The molecule has 24 heavy (non-hydrogen) atoms. The summed E-state index contributed by atoms with van der Waals surface area (Å²) < 4.78 is 0. The van der Waals surface area contributed by atoms with Crippen molar-refractivity contribution < 1.29 is 4.79 Å². The summed E-state index contributed by atoms with van der Waals surface area (Å²) in [5.41, 5.74) is 6.97. The molecule has 0 bridgehead atoms. The maximum absolute atomic E-state index is 12.0. The molecule has 3 heterocycles. The zero-order chi connectivity index (χ0) is 16.9. The average molecular weight is 321 g/mol. The van der Waals surface area contributed by atoms with Crippen LogP contribution in [0, 0.1) is 5.41 Å². The molecule has 1 aromatic rings. The number of carbonyl (C=O) groups is 1. The Morgan fingerprint density at radius 1 is 1.50 bits per heavy atom. The second-order valence-corrected chi connectivity index (χ2v) is 7.21. The van der Waals surface area contributed by atoms with Crippen LogP contribution in [0.1, 0.15) is 40.0 Å². The van der Waals surface area contributed by atoms with Crippen molar-refractivity contribution >= 4 is 17.7 Å². The van der Waals surface area contributed by atoms with Crippen LogP contribution in [0.2, 0.25) is 0 Å². The van der Waals surface area contributed by atoms with E-state index in [4.69, 9.17) is 0 Å². The largest absolute Gasteiger partial charge is 0.353 e. The molecule has 2 aliphatic heterocycles. The normalized spacial score (nSPS) is 28.2. The Hall–Kier alpha value is -2.32. The molecule has 2 atom stereocenters. The highest BCUT2D eigenvalue weighted by molar-refractivity contribution is 5.75. The average Bonchev–Trinajstić information content (AvgIpc) is 3.06. The van der Waals surface area contributed by atoms with Crippen molar-refractivity contribution in [3.8, 4) is 0 Å². The molecule has 4 heteroatoms. The maximum atomic E-state index is 12.0. The highest BCUT2D eigenvalue weighted by Gasteiger charge is 2.39. The van der Waals surface area contributed by atoms with E-state index >= 15 is 0 Å². The second-order valence-electron chi connectivity index (χ2n) is 7.21. The fraction of sp³-hybridized carbons (Fsp3) is 0.450. The maximum Gasteiger partial charge on any atom is 0.220 e. The molecule has 1 amide bonds. The Balaban J connectivity index is 1.88. The first-order chi connectivity index (χ1) is 11.5. The summed E-state index contributed by atoms with van der Waals surface area (Å²) in [5, 5.41) is 5.86. The van der Waals surface area contributed by atoms with Crippen LogP contribution in [0.5, 0.6) is 0 Å². The number of hydrogen-bond acceptors (Lipinski definition) is 3. The first-order valence-electron chi connectivity index (χ1n) is 8.69. The number of amides is 1. The molecule has 1 aromatic heterocycles. The van der Waals surface area contributed by atoms with Crippen molar-refractivity contribution in [2.45, 2.75) is 46.1 Å². The van der Waals surface area contributed by atoms with Crippen LogP contribution >= 0.6 is 0 Å². The predicted molar refractivity (Wildman–Crippen MR) is 93.8 cm³/mol. The van der Waals surface area contributed by atoms with Crippen molar-refractivity contribution in [1.29, 1.82) is 0 Å². The number of carbonyl (C=O) groups excluding carboxylic acids is 1. The van der Waals surface area contributed by atoms with E-state index in [9.17, 15) is 4.79 Å². The van der Waals surface area contributed by atoms with E-state index in [1.165, 1.54) is 11.3 Å². The van der Waals surface area contributed by atoms with Gasteiger partial charge in [-0.05, 0) is 50.8 Å². The molecule has 0 radical (unpaired) electrons. The van der Waals surface area contributed by atoms with Gasteiger partial charge in [0.15, 0.2) is 0 Å². The van der Waals surface area contributed by atoms with Gasteiger partial charge in [0.1, 0.15) is 0 Å². The minimum absolute atomic E-state index is 0.0702. The van der Waals surface area contributed by atoms with Crippen molar-refractivity contribution in [1.82, 2.24) is 15.2 Å². The van der Waals surface area contributed by atoms with E-state index in [1.807, 2.05) is 17.2 Å². The second kappa shape index (κ2) is 5.35. The Bertz CT molecular complexity index is 907. The third-order valence-electron chi connectivity index (χ3n) is 5.76. The molecule has 0 aromatic carbocycles. The molecule has 0 spiro atoms. The highest BCUT2D eigenvalue weighted by Crippen LogP contribution is 2.42. The molecular formula is C20H23N3O. The number of nitrogens with one attached hydrogen (secondary N) is 1. The monoisotopic (exact) mass is 321 g/mol. The smallest absolute Gasteiger partial charge is 0.220 e. The Kier molecular flexibility index (Phi) is 3.40. The number of nitrogens with zero attached hydrogens (tertiary/aromatic N) is 2. The van der Waals surface area contributed by atoms with Gasteiger partial charge in [0.05, 0.1) is 17.1 Å². The number of hydrogen-bond donors (Lipinski definition) is 1. The number of aromatic nitrogens is 1. The van der Waals surface area contributed by atoms with Crippen LogP contribution in [0.3, 0.4) is 0 Å². The van der Waals surface area contributed by atoms with E-state index in [2.05, 4.69) is 42.0 Å². The van der Waals surface area contributed by atoms with Crippen LogP contribution in [0.15, 0.2) is 35.3 Å². The standard InChI is InChI=1S/C20H23N3O/c1-13-12-17(18-7-5-11-23(18)14(2)24)22-19-15-6-4-10-21-16(15)8-9-20(13,19)3/h4,6,8,10,18,22H,5,7,9,11H2,1-3H3/t18-,20?/m0/s1. The topological polar surface area (TPSA) is 45.2 Å². The van der Waals surface area contributed by atoms with Crippen molar-refractivity contribution in [3.63, 3.8) is 0 Å². The van der Waals surface area contributed by atoms with Gasteiger partial charge >= 0.3 is 0 Å². The van der Waals surface area contributed by atoms with E-state index in [1.54, 1.807) is 6.92 Å². The SMILES string of the molecule is CC(=O)N1CCC[C@H]1C1=C=C(C)C2(C)CC=c3ncccc3=C2N1. The summed E-state index contributed by atoms with van der Waals surface area (Å²) in [4.78, 5) is 18.4. The first-order valence-corrected chi connectivity index (χ1v) is 8.69. The predicted octanol–water partition coefficient (Wildman–Crippen LogP) is 1.42. The summed E-state index contributed by atoms with van der Waals surface area (Å²) in [7, 11) is 0. The fourth-order valence-electron chi connectivity index (χ4n) is 4.15. The minimum atomic E-state index is -0.0702. The molecule has 1 fully saturated rings. The molecule has 124 valence electrons. The summed E-state index contributed by atoms with van der Waals surface area (Å²) in [6.45, 7) is 6.91. The van der Waals surface area contributed by atoms with Gasteiger partial charge in [-0.2, -0.15) is 0 Å². The van der Waals surface area contributed by atoms with E-state index in [0.717, 1.165) is 42.1 Å². The minimum Gasteiger partial charge on any atom is -0.353 e. The summed E-state index contributed by atoms with van der Waals surface area (Å²) in [5.74, 6) is 0.142. The third kappa shape index (κ3) is 2.14. The molecule has 1 N–H and O–H groups in total. The van der Waals surface area contributed by atoms with Crippen molar-refractivity contribution in [3.05, 3.63) is 45.9 Å². The van der Waals surface area contributed by atoms with Crippen LogP contribution in [-0.4, -0.2) is 28.4 Å². The summed E-state index contributed by atoms with van der Waals surface area (Å²) in [6, 6.07) is 4.23. The van der Waals surface area contributed by atoms with Crippen LogP contribution in [-0.2, 0) is 4.79 Å². The lowest BCUT2D eigenvalue weighted by Crippen LogP contribution is -2.48. The van der Waals surface area contributed by atoms with Crippen molar-refractivity contribution in [2.75, 3.05) is 6.54 Å². The number of pyridine rings is 1. The molecule has 0 saturated carbocycles. The number of fused-ring (bicyclic) bond motifs is 2. The van der Waals surface area contributed by atoms with Crippen LogP contribution in [0.25, 0.3) is 11.8 Å². The van der Waals surface area contributed by atoms with Gasteiger partial charge in [0, 0.05) is 36.0 Å². The van der Waals surface area contributed by atoms with Gasteiger partial charge in [-0.1, -0.05) is 11.8 Å². The van der Waals surface area contributed by atoms with E-state index in [0.29, 0.717) is 0 Å². The van der Waals surface area contributed by atoms with Gasteiger partial charge in [0.25, 0.3) is 0 Å². The van der Waals surface area contributed by atoms with Crippen LogP contribution < -0.4 is 15.9 Å². The Labute approximate surface area is 142 Å². The lowest BCUT2D eigenvalue weighted by molar-refractivity contribution is -0.129. The van der Waals surface area contributed by atoms with Gasteiger partial charge in [0.2, 0.25) is 5.91 Å². The lowest BCUT2D eigenvalue weighted by Gasteiger charge is -2.39. The van der Waals surface area contributed by atoms with E-state index in [-0.39, 0.29) is 17.4 Å². The van der Waals surface area contributed by atoms with Gasteiger partial charge < -0.3 is 10.2 Å². The molecule has 1 saturated heterocycles. The fourth-order valence-corrected chi connectivity index (χ4v) is 4.15. The van der Waals surface area contributed by atoms with Crippen molar-refractivity contribution in [2.24, 2.45) is 5.41 Å². The lowest BCUT2D eigenvalue weighted by atomic mass is 9.72. The molecule has 3 aliphatic rings. The van der Waals surface area contributed by atoms with Gasteiger partial charge in [-0.15, -0.1) is 0 Å². The van der Waals surface area contributed by atoms with E-state index < -0.39 is 0 Å². The summed E-state index contributed by atoms with van der Waals surface area (Å²) in [6.07, 6.45) is 7.03. The Morgan fingerprint density at radius 3 is 3.12 bits per heavy atom. The highest BCUT2D eigenvalue weighted by atomic mass is 16.2. The van der Waals surface area contributed by atoms with Gasteiger partial charge in [-0.3, -0.25) is 9.78 Å². The first kappa shape index (κ1) is 15.2. The zero-order valence-electron chi connectivity index (χ0n) is 14.5. The molecular weight excluding hydrogens is 298 g/mol. The molecule has 1 aliphatic carbocycles. The van der Waals surface area contributed by atoms with Crippen LogP contribution in [0.4, 0.5) is 0 Å². The Morgan fingerprint density at radius 2 is 2.33 bits per heavy atom. The molecule has 4 rings (SSSR count). The molecule has 1 unspecified atom stereocenters. The summed E-state index contributed by atoms with van der Waals surface area (Å²) >= 11 is 0. The van der Waals surface area contributed by atoms with Gasteiger partial charge in [-0.25, -0.2) is 0 Å². The number of rotatable bonds is 1. The number of likely N-dealkylation sites (tertiary alicyclic amines) is 1. The molecule has 4 nitrogen and oxygen atoms in total.